The predicted molar refractivity (Wildman–Crippen MR) is 83.5 cm³/mol. The first-order valence-corrected chi connectivity index (χ1v) is 7.97. The lowest BCUT2D eigenvalue weighted by atomic mass is 9.81. The van der Waals surface area contributed by atoms with E-state index >= 15 is 0 Å². The fourth-order valence-electron chi connectivity index (χ4n) is 3.17. The van der Waals surface area contributed by atoms with E-state index in [0.29, 0.717) is 30.6 Å². The Balaban J connectivity index is 1.46. The third-order valence-electron chi connectivity index (χ3n) is 4.66. The number of carbonyl (C=O) groups is 1. The van der Waals surface area contributed by atoms with Crippen LogP contribution in [0.4, 0.5) is 0 Å². The maximum atomic E-state index is 12.1. The van der Waals surface area contributed by atoms with Crippen LogP contribution in [0.1, 0.15) is 42.5 Å². The molecule has 22 heavy (non-hydrogen) atoms. The standard InChI is InChI=1S/C17H22N2O3/c20-11-13-3-1-12(2-4-13)7-8-22-17(21)14-5-6-15-10-18-19-16(15)9-14/h5-6,9-10,12-13,20H,1-4,7-8,11H2,(H,18,19). The van der Waals surface area contributed by atoms with Crippen LogP contribution in [0.25, 0.3) is 10.9 Å². The Kier molecular flexibility index (Phi) is 4.73. The van der Waals surface area contributed by atoms with Gasteiger partial charge < -0.3 is 9.84 Å². The lowest BCUT2D eigenvalue weighted by Gasteiger charge is -2.27. The molecule has 3 rings (SSSR count). The molecule has 1 heterocycles. The number of H-pyrrole nitrogens is 1. The van der Waals surface area contributed by atoms with Crippen LogP contribution in [-0.4, -0.2) is 34.5 Å². The number of esters is 1. The number of aliphatic hydroxyl groups is 1. The molecule has 2 aromatic rings. The Morgan fingerprint density at radius 2 is 2.05 bits per heavy atom. The fraction of sp³-hybridized carbons (Fsp3) is 0.529. The van der Waals surface area contributed by atoms with Crippen molar-refractivity contribution in [2.45, 2.75) is 32.1 Å². The number of nitrogens with one attached hydrogen (secondary N) is 1. The molecular formula is C17H22N2O3. The molecule has 1 fully saturated rings. The molecule has 1 aromatic heterocycles. The molecule has 118 valence electrons. The lowest BCUT2D eigenvalue weighted by molar-refractivity contribution is 0.0466. The number of nitrogens with zero attached hydrogens (tertiary/aromatic N) is 1. The van der Waals surface area contributed by atoms with Gasteiger partial charge in [-0.05, 0) is 56.1 Å². The Morgan fingerprint density at radius 1 is 1.27 bits per heavy atom. The van der Waals surface area contributed by atoms with Crippen molar-refractivity contribution in [3.8, 4) is 0 Å². The van der Waals surface area contributed by atoms with Gasteiger partial charge in [0.2, 0.25) is 0 Å². The molecule has 2 N–H and O–H groups in total. The molecule has 0 unspecified atom stereocenters. The summed E-state index contributed by atoms with van der Waals surface area (Å²) in [4.78, 5) is 12.1. The topological polar surface area (TPSA) is 75.2 Å². The molecular weight excluding hydrogens is 280 g/mol. The van der Waals surface area contributed by atoms with Crippen molar-refractivity contribution in [3.63, 3.8) is 0 Å². The second-order valence-corrected chi connectivity index (χ2v) is 6.17. The Morgan fingerprint density at radius 3 is 2.82 bits per heavy atom. The largest absolute Gasteiger partial charge is 0.462 e. The van der Waals surface area contributed by atoms with Crippen molar-refractivity contribution in [1.82, 2.24) is 10.2 Å². The summed E-state index contributed by atoms with van der Waals surface area (Å²) in [5, 5.41) is 16.9. The van der Waals surface area contributed by atoms with Gasteiger partial charge in [-0.15, -0.1) is 0 Å². The molecule has 1 aromatic carbocycles. The summed E-state index contributed by atoms with van der Waals surface area (Å²) in [6.45, 7) is 0.770. The van der Waals surface area contributed by atoms with Crippen LogP contribution >= 0.6 is 0 Å². The highest BCUT2D eigenvalue weighted by molar-refractivity contribution is 5.94. The predicted octanol–water partition coefficient (Wildman–Crippen LogP) is 2.91. The SMILES string of the molecule is O=C(OCCC1CCC(CO)CC1)c1ccc2cn[nH]c2c1. The third-order valence-corrected chi connectivity index (χ3v) is 4.66. The van der Waals surface area contributed by atoms with E-state index in [-0.39, 0.29) is 5.97 Å². The van der Waals surface area contributed by atoms with Gasteiger partial charge in [0.1, 0.15) is 0 Å². The van der Waals surface area contributed by atoms with Gasteiger partial charge in [-0.3, -0.25) is 5.10 Å². The zero-order valence-electron chi connectivity index (χ0n) is 12.6. The number of aromatic nitrogens is 2. The first kappa shape index (κ1) is 15.0. The van der Waals surface area contributed by atoms with Crippen LogP contribution < -0.4 is 0 Å². The van der Waals surface area contributed by atoms with Crippen molar-refractivity contribution in [2.24, 2.45) is 11.8 Å². The minimum absolute atomic E-state index is 0.277. The fourth-order valence-corrected chi connectivity index (χ4v) is 3.17. The second-order valence-electron chi connectivity index (χ2n) is 6.17. The van der Waals surface area contributed by atoms with Crippen LogP contribution in [0.2, 0.25) is 0 Å². The molecule has 0 atom stereocenters. The number of benzene rings is 1. The van der Waals surface area contributed by atoms with E-state index in [1.165, 1.54) is 0 Å². The zero-order chi connectivity index (χ0) is 15.4. The number of fused-ring (bicyclic) bond motifs is 1. The van der Waals surface area contributed by atoms with E-state index in [2.05, 4.69) is 10.2 Å². The van der Waals surface area contributed by atoms with Crippen LogP contribution in [-0.2, 0) is 4.74 Å². The summed E-state index contributed by atoms with van der Waals surface area (Å²) >= 11 is 0. The number of aliphatic hydroxyl groups excluding tert-OH is 1. The first-order chi connectivity index (χ1) is 10.8. The van der Waals surface area contributed by atoms with Gasteiger partial charge in [-0.25, -0.2) is 4.79 Å². The van der Waals surface area contributed by atoms with Crippen molar-refractivity contribution >= 4 is 16.9 Å². The number of carbonyl (C=O) groups excluding carboxylic acids is 1. The van der Waals surface area contributed by atoms with Crippen molar-refractivity contribution < 1.29 is 14.6 Å². The van der Waals surface area contributed by atoms with Gasteiger partial charge in [-0.1, -0.05) is 6.07 Å². The van der Waals surface area contributed by atoms with Gasteiger partial charge >= 0.3 is 5.97 Å². The summed E-state index contributed by atoms with van der Waals surface area (Å²) in [5.41, 5.74) is 1.40. The van der Waals surface area contributed by atoms with Crippen molar-refractivity contribution in [2.75, 3.05) is 13.2 Å². The number of ether oxygens (including phenoxy) is 1. The van der Waals surface area contributed by atoms with E-state index in [0.717, 1.165) is 43.0 Å². The molecule has 1 saturated carbocycles. The third kappa shape index (κ3) is 3.47. The van der Waals surface area contributed by atoms with Gasteiger partial charge in [-0.2, -0.15) is 5.10 Å². The van der Waals surface area contributed by atoms with E-state index in [9.17, 15) is 4.79 Å². The Bertz CT molecular complexity index is 630. The second kappa shape index (κ2) is 6.92. The van der Waals surface area contributed by atoms with Crippen molar-refractivity contribution in [3.05, 3.63) is 30.0 Å². The smallest absolute Gasteiger partial charge is 0.338 e. The highest BCUT2D eigenvalue weighted by Crippen LogP contribution is 2.30. The molecule has 0 aliphatic heterocycles. The number of hydrogen-bond acceptors (Lipinski definition) is 4. The lowest BCUT2D eigenvalue weighted by Crippen LogP contribution is -2.19. The molecule has 5 heteroatoms. The zero-order valence-corrected chi connectivity index (χ0v) is 12.6. The Labute approximate surface area is 129 Å². The van der Waals surface area contributed by atoms with E-state index in [1.54, 1.807) is 18.3 Å². The summed E-state index contributed by atoms with van der Waals surface area (Å²) < 4.78 is 5.39. The van der Waals surface area contributed by atoms with Crippen LogP contribution in [0.3, 0.4) is 0 Å². The van der Waals surface area contributed by atoms with Gasteiger partial charge in [0, 0.05) is 12.0 Å². The minimum atomic E-state index is -0.277. The van der Waals surface area contributed by atoms with Crippen molar-refractivity contribution in [1.29, 1.82) is 0 Å². The molecule has 0 saturated heterocycles. The number of hydrogen-bond donors (Lipinski definition) is 2. The molecule has 0 bridgehead atoms. The quantitative estimate of drug-likeness (QED) is 0.833. The molecule has 1 aliphatic rings. The molecule has 0 amide bonds. The Hall–Kier alpha value is -1.88. The summed E-state index contributed by atoms with van der Waals surface area (Å²) in [6.07, 6.45) is 7.08. The minimum Gasteiger partial charge on any atom is -0.462 e. The van der Waals surface area contributed by atoms with Crippen LogP contribution in [0.15, 0.2) is 24.4 Å². The molecule has 1 aliphatic carbocycles. The summed E-state index contributed by atoms with van der Waals surface area (Å²) in [6, 6.07) is 5.41. The molecule has 0 radical (unpaired) electrons. The number of aromatic amines is 1. The maximum Gasteiger partial charge on any atom is 0.338 e. The van der Waals surface area contributed by atoms with E-state index in [4.69, 9.17) is 9.84 Å². The number of rotatable bonds is 5. The van der Waals surface area contributed by atoms with Crippen LogP contribution in [0.5, 0.6) is 0 Å². The van der Waals surface area contributed by atoms with E-state index < -0.39 is 0 Å². The monoisotopic (exact) mass is 302 g/mol. The normalized spacial score (nSPS) is 21.9. The highest BCUT2D eigenvalue weighted by Gasteiger charge is 2.20. The summed E-state index contributed by atoms with van der Waals surface area (Å²) in [7, 11) is 0. The average Bonchev–Trinajstić information content (AvgIpc) is 3.03. The first-order valence-electron chi connectivity index (χ1n) is 7.97. The van der Waals surface area contributed by atoms with Crippen LogP contribution in [0, 0.1) is 11.8 Å². The van der Waals surface area contributed by atoms with Gasteiger partial charge in [0.25, 0.3) is 0 Å². The maximum absolute atomic E-state index is 12.1. The average molecular weight is 302 g/mol. The van der Waals surface area contributed by atoms with Gasteiger partial charge in [0.15, 0.2) is 0 Å². The highest BCUT2D eigenvalue weighted by atomic mass is 16.5. The molecule has 0 spiro atoms. The van der Waals surface area contributed by atoms with Gasteiger partial charge in [0.05, 0.1) is 23.9 Å². The van der Waals surface area contributed by atoms with E-state index in [1.807, 2.05) is 6.07 Å². The molecule has 5 nitrogen and oxygen atoms in total. The summed E-state index contributed by atoms with van der Waals surface area (Å²) in [5.74, 6) is 0.811.